The van der Waals surface area contributed by atoms with E-state index in [-0.39, 0.29) is 0 Å². The molecule has 1 saturated carbocycles. The summed E-state index contributed by atoms with van der Waals surface area (Å²) >= 11 is 5.83. The molecule has 0 aliphatic heterocycles. The van der Waals surface area contributed by atoms with Gasteiger partial charge in [0.05, 0.1) is 11.2 Å². The molecule has 18 heavy (non-hydrogen) atoms. The molecule has 1 fully saturated rings. The molecule has 0 spiro atoms. The van der Waals surface area contributed by atoms with Crippen molar-refractivity contribution in [3.63, 3.8) is 0 Å². The summed E-state index contributed by atoms with van der Waals surface area (Å²) in [7, 11) is 0. The van der Waals surface area contributed by atoms with Gasteiger partial charge in [-0.3, -0.25) is 4.98 Å². The standard InChI is InChI=1S/C12H11ClN4O/c13-8-3-9(6-15-5-8)18-11-4-10(14)16-12(17-11)7-1-2-7/h3-7H,1-2H2,(H2,14,16,17). The van der Waals surface area contributed by atoms with Gasteiger partial charge in [0, 0.05) is 24.2 Å². The van der Waals surface area contributed by atoms with Gasteiger partial charge >= 0.3 is 0 Å². The van der Waals surface area contributed by atoms with Crippen molar-refractivity contribution in [1.29, 1.82) is 0 Å². The minimum absolute atomic E-state index is 0.414. The predicted octanol–water partition coefficient (Wildman–Crippen LogP) is 2.78. The van der Waals surface area contributed by atoms with Gasteiger partial charge in [-0.2, -0.15) is 4.98 Å². The average molecular weight is 263 g/mol. The third-order valence-electron chi connectivity index (χ3n) is 2.58. The van der Waals surface area contributed by atoms with Gasteiger partial charge in [0.15, 0.2) is 0 Å². The van der Waals surface area contributed by atoms with Crippen molar-refractivity contribution in [3.05, 3.63) is 35.4 Å². The summed E-state index contributed by atoms with van der Waals surface area (Å²) in [5, 5.41) is 0.511. The molecule has 2 N–H and O–H groups in total. The number of hydrogen-bond acceptors (Lipinski definition) is 5. The van der Waals surface area contributed by atoms with Crippen LogP contribution in [0.1, 0.15) is 24.6 Å². The normalized spacial score (nSPS) is 14.5. The van der Waals surface area contributed by atoms with Crippen molar-refractivity contribution >= 4 is 17.4 Å². The van der Waals surface area contributed by atoms with Gasteiger partial charge in [0.2, 0.25) is 5.88 Å². The zero-order valence-electron chi connectivity index (χ0n) is 9.51. The van der Waals surface area contributed by atoms with Crippen LogP contribution in [0.15, 0.2) is 24.5 Å². The summed E-state index contributed by atoms with van der Waals surface area (Å²) in [5.74, 6) is 2.54. The Labute approximate surface area is 109 Å². The lowest BCUT2D eigenvalue weighted by Gasteiger charge is -2.06. The third-order valence-corrected chi connectivity index (χ3v) is 2.79. The molecule has 1 aliphatic carbocycles. The fourth-order valence-corrected chi connectivity index (χ4v) is 1.77. The number of ether oxygens (including phenoxy) is 1. The molecule has 0 bridgehead atoms. The molecule has 0 unspecified atom stereocenters. The van der Waals surface area contributed by atoms with Gasteiger partial charge in [-0.15, -0.1) is 0 Å². The Kier molecular flexibility index (Phi) is 2.76. The molecule has 2 aromatic rings. The van der Waals surface area contributed by atoms with Crippen LogP contribution in [0.25, 0.3) is 0 Å². The number of nitrogen functional groups attached to an aromatic ring is 1. The van der Waals surface area contributed by atoms with E-state index in [1.54, 1.807) is 24.5 Å². The summed E-state index contributed by atoms with van der Waals surface area (Å²) in [4.78, 5) is 12.5. The number of nitrogens with zero attached hydrogens (tertiary/aromatic N) is 3. The fraction of sp³-hybridized carbons (Fsp3) is 0.250. The molecule has 0 atom stereocenters. The zero-order valence-corrected chi connectivity index (χ0v) is 10.3. The van der Waals surface area contributed by atoms with Crippen molar-refractivity contribution in [3.8, 4) is 11.6 Å². The summed E-state index contributed by atoms with van der Waals surface area (Å²) < 4.78 is 5.58. The van der Waals surface area contributed by atoms with Crippen molar-refractivity contribution < 1.29 is 4.74 Å². The van der Waals surface area contributed by atoms with E-state index in [1.807, 2.05) is 0 Å². The van der Waals surface area contributed by atoms with Crippen LogP contribution >= 0.6 is 11.6 Å². The van der Waals surface area contributed by atoms with Gasteiger partial charge in [0.25, 0.3) is 0 Å². The smallest absolute Gasteiger partial charge is 0.224 e. The van der Waals surface area contributed by atoms with Crippen LogP contribution in [0.2, 0.25) is 5.02 Å². The number of anilines is 1. The maximum atomic E-state index is 5.83. The first kappa shape index (κ1) is 11.2. The molecule has 0 aromatic carbocycles. The van der Waals surface area contributed by atoms with Crippen LogP contribution < -0.4 is 10.5 Å². The summed E-state index contributed by atoms with van der Waals surface area (Å²) in [5.41, 5.74) is 5.74. The minimum atomic E-state index is 0.414. The first-order valence-electron chi connectivity index (χ1n) is 5.63. The van der Waals surface area contributed by atoms with E-state index < -0.39 is 0 Å². The maximum absolute atomic E-state index is 5.83. The molecule has 2 aromatic heterocycles. The molecule has 5 nitrogen and oxygen atoms in total. The van der Waals surface area contributed by atoms with Gasteiger partial charge < -0.3 is 10.5 Å². The van der Waals surface area contributed by atoms with Crippen LogP contribution in [-0.4, -0.2) is 15.0 Å². The van der Waals surface area contributed by atoms with E-state index in [2.05, 4.69) is 15.0 Å². The first-order valence-corrected chi connectivity index (χ1v) is 6.01. The number of halogens is 1. The molecule has 0 saturated heterocycles. The molecule has 6 heteroatoms. The highest BCUT2D eigenvalue weighted by Gasteiger charge is 2.27. The van der Waals surface area contributed by atoms with Crippen LogP contribution in [-0.2, 0) is 0 Å². The molecule has 2 heterocycles. The summed E-state index contributed by atoms with van der Waals surface area (Å²) in [6.45, 7) is 0. The predicted molar refractivity (Wildman–Crippen MR) is 67.7 cm³/mol. The minimum Gasteiger partial charge on any atom is -0.437 e. The van der Waals surface area contributed by atoms with Gasteiger partial charge in [-0.1, -0.05) is 11.6 Å². The third kappa shape index (κ3) is 2.51. The van der Waals surface area contributed by atoms with E-state index in [0.29, 0.717) is 28.4 Å². The zero-order chi connectivity index (χ0) is 12.5. The van der Waals surface area contributed by atoms with Crippen molar-refractivity contribution in [2.45, 2.75) is 18.8 Å². The lowest BCUT2D eigenvalue weighted by Crippen LogP contribution is -2.00. The van der Waals surface area contributed by atoms with Crippen LogP contribution in [0, 0.1) is 0 Å². The van der Waals surface area contributed by atoms with E-state index in [9.17, 15) is 0 Å². The Balaban J connectivity index is 1.87. The number of nitrogens with two attached hydrogens (primary N) is 1. The molecule has 0 amide bonds. The summed E-state index contributed by atoms with van der Waals surface area (Å²) in [6, 6.07) is 3.26. The van der Waals surface area contributed by atoms with Crippen molar-refractivity contribution in [2.75, 3.05) is 5.73 Å². The molecule has 0 radical (unpaired) electrons. The molecular weight excluding hydrogens is 252 g/mol. The highest BCUT2D eigenvalue weighted by Crippen LogP contribution is 2.39. The number of rotatable bonds is 3. The Morgan fingerprint density at radius 3 is 2.78 bits per heavy atom. The average Bonchev–Trinajstić information content (AvgIpc) is 3.11. The first-order chi connectivity index (χ1) is 8.70. The number of hydrogen-bond donors (Lipinski definition) is 1. The van der Waals surface area contributed by atoms with Crippen LogP contribution in [0.5, 0.6) is 11.6 Å². The van der Waals surface area contributed by atoms with Gasteiger partial charge in [-0.25, -0.2) is 4.98 Å². The lowest BCUT2D eigenvalue weighted by molar-refractivity contribution is 0.457. The second-order valence-electron chi connectivity index (χ2n) is 4.20. The number of aromatic nitrogens is 3. The maximum Gasteiger partial charge on any atom is 0.224 e. The second kappa shape index (κ2) is 4.42. The molecule has 3 rings (SSSR count). The summed E-state index contributed by atoms with van der Waals surface area (Å²) in [6.07, 6.45) is 5.34. The SMILES string of the molecule is Nc1cc(Oc2cncc(Cl)c2)nc(C2CC2)n1. The topological polar surface area (TPSA) is 73.9 Å². The Morgan fingerprint density at radius 1 is 1.22 bits per heavy atom. The monoisotopic (exact) mass is 262 g/mol. The van der Waals surface area contributed by atoms with Gasteiger partial charge in [-0.05, 0) is 12.8 Å². The Bertz CT molecular complexity index is 586. The quantitative estimate of drug-likeness (QED) is 0.921. The van der Waals surface area contributed by atoms with Crippen molar-refractivity contribution in [1.82, 2.24) is 15.0 Å². The molecule has 1 aliphatic rings. The highest BCUT2D eigenvalue weighted by molar-refractivity contribution is 6.30. The van der Waals surface area contributed by atoms with Crippen molar-refractivity contribution in [2.24, 2.45) is 0 Å². The molecule has 92 valence electrons. The Morgan fingerprint density at radius 2 is 2.06 bits per heavy atom. The highest BCUT2D eigenvalue weighted by atomic mass is 35.5. The largest absolute Gasteiger partial charge is 0.437 e. The van der Waals surface area contributed by atoms with E-state index in [4.69, 9.17) is 22.1 Å². The lowest BCUT2D eigenvalue weighted by atomic mass is 10.4. The van der Waals surface area contributed by atoms with E-state index in [0.717, 1.165) is 18.7 Å². The Hall–Kier alpha value is -1.88. The van der Waals surface area contributed by atoms with Crippen LogP contribution in [0.4, 0.5) is 5.82 Å². The molecular formula is C12H11ClN4O. The second-order valence-corrected chi connectivity index (χ2v) is 4.64. The van der Waals surface area contributed by atoms with Crippen LogP contribution in [0.3, 0.4) is 0 Å². The fourth-order valence-electron chi connectivity index (χ4n) is 1.61. The van der Waals surface area contributed by atoms with E-state index in [1.165, 1.54) is 0 Å². The van der Waals surface area contributed by atoms with Gasteiger partial charge in [0.1, 0.15) is 17.4 Å². The number of pyridine rings is 1. The van der Waals surface area contributed by atoms with E-state index >= 15 is 0 Å².